The lowest BCUT2D eigenvalue weighted by Gasteiger charge is -1.83. The van der Waals surface area contributed by atoms with Gasteiger partial charge in [0, 0.05) is 0 Å². The molecule has 3 heteroatoms. The minimum atomic E-state index is -0.128. The molecule has 0 fully saturated rings. The Morgan fingerprint density at radius 3 is 2.44 bits per heavy atom. The maximum Gasteiger partial charge on any atom is 0.118 e. The third kappa shape index (κ3) is 1.28. The standard InChI is InChI=1S/C6H8NOS/c1-4-6(3-8)9-5(2)7-4/h3H2,1-2H3. The van der Waals surface area contributed by atoms with Gasteiger partial charge in [-0.2, -0.15) is 0 Å². The molecule has 1 heterocycles. The van der Waals surface area contributed by atoms with Gasteiger partial charge in [0.1, 0.15) is 6.61 Å². The molecule has 0 spiro atoms. The van der Waals surface area contributed by atoms with Crippen LogP contribution >= 0.6 is 11.3 Å². The predicted octanol–water partition coefficient (Wildman–Crippen LogP) is 1.69. The molecule has 1 radical (unpaired) electrons. The van der Waals surface area contributed by atoms with Crippen molar-refractivity contribution in [3.8, 4) is 0 Å². The van der Waals surface area contributed by atoms with E-state index in [-0.39, 0.29) is 6.61 Å². The molecule has 0 aliphatic rings. The summed E-state index contributed by atoms with van der Waals surface area (Å²) < 4.78 is 0. The highest BCUT2D eigenvalue weighted by atomic mass is 32.1. The molecule has 0 N–H and O–H groups in total. The van der Waals surface area contributed by atoms with Crippen LogP contribution in [0.25, 0.3) is 0 Å². The molecule has 0 unspecified atom stereocenters. The van der Waals surface area contributed by atoms with Gasteiger partial charge in [-0.25, -0.2) is 10.1 Å². The van der Waals surface area contributed by atoms with Gasteiger partial charge in [0.05, 0.1) is 15.6 Å². The largest absolute Gasteiger partial charge is 0.247 e. The van der Waals surface area contributed by atoms with Gasteiger partial charge in [0.15, 0.2) is 0 Å². The van der Waals surface area contributed by atoms with Crippen LogP contribution in [0.15, 0.2) is 0 Å². The highest BCUT2D eigenvalue weighted by Gasteiger charge is 2.01. The van der Waals surface area contributed by atoms with Crippen molar-refractivity contribution in [1.82, 2.24) is 4.98 Å². The Labute approximate surface area is 58.2 Å². The van der Waals surface area contributed by atoms with E-state index in [2.05, 4.69) is 4.98 Å². The molecule has 0 bridgehead atoms. The van der Waals surface area contributed by atoms with Crippen molar-refractivity contribution < 1.29 is 5.11 Å². The average molecular weight is 142 g/mol. The number of thiazole rings is 1. The van der Waals surface area contributed by atoms with E-state index in [4.69, 9.17) is 0 Å². The Morgan fingerprint density at radius 1 is 1.56 bits per heavy atom. The molecule has 1 aromatic heterocycles. The van der Waals surface area contributed by atoms with Crippen LogP contribution in [0.4, 0.5) is 0 Å². The van der Waals surface area contributed by atoms with E-state index in [1.807, 2.05) is 13.8 Å². The molecule has 0 amide bonds. The van der Waals surface area contributed by atoms with Crippen molar-refractivity contribution in [3.63, 3.8) is 0 Å². The molecule has 0 aliphatic heterocycles. The van der Waals surface area contributed by atoms with E-state index in [9.17, 15) is 5.11 Å². The number of aryl methyl sites for hydroxylation is 2. The van der Waals surface area contributed by atoms with Gasteiger partial charge < -0.3 is 0 Å². The molecule has 2 nitrogen and oxygen atoms in total. The average Bonchev–Trinajstić information content (AvgIpc) is 2.10. The van der Waals surface area contributed by atoms with Crippen LogP contribution < -0.4 is 0 Å². The molecule has 0 aliphatic carbocycles. The highest BCUT2D eigenvalue weighted by molar-refractivity contribution is 7.11. The van der Waals surface area contributed by atoms with Crippen LogP contribution in [0, 0.1) is 13.8 Å². The zero-order chi connectivity index (χ0) is 6.85. The van der Waals surface area contributed by atoms with Crippen LogP contribution in [-0.4, -0.2) is 4.98 Å². The normalized spacial score (nSPS) is 10.1. The maximum absolute atomic E-state index is 10.3. The highest BCUT2D eigenvalue weighted by Crippen LogP contribution is 2.16. The number of rotatable bonds is 1. The second kappa shape index (κ2) is 2.45. The van der Waals surface area contributed by atoms with E-state index in [0.29, 0.717) is 0 Å². The maximum atomic E-state index is 10.3. The summed E-state index contributed by atoms with van der Waals surface area (Å²) in [6.07, 6.45) is 0. The Balaban J connectivity index is 3.01. The van der Waals surface area contributed by atoms with Gasteiger partial charge in [0.25, 0.3) is 0 Å². The van der Waals surface area contributed by atoms with Crippen LogP contribution in [0.3, 0.4) is 0 Å². The van der Waals surface area contributed by atoms with Crippen molar-refractivity contribution in [2.45, 2.75) is 20.5 Å². The molecule has 0 saturated heterocycles. The van der Waals surface area contributed by atoms with Crippen LogP contribution in [0.1, 0.15) is 15.6 Å². The SMILES string of the molecule is Cc1nc(C)c(C[O])s1. The fraction of sp³-hybridized carbons (Fsp3) is 0.500. The van der Waals surface area contributed by atoms with E-state index in [0.717, 1.165) is 15.6 Å². The Kier molecular flexibility index (Phi) is 1.83. The summed E-state index contributed by atoms with van der Waals surface area (Å²) in [5.74, 6) is 0. The lowest BCUT2D eigenvalue weighted by molar-refractivity contribution is 0.180. The molecular weight excluding hydrogens is 134 g/mol. The summed E-state index contributed by atoms with van der Waals surface area (Å²) in [7, 11) is 0. The lowest BCUT2D eigenvalue weighted by Crippen LogP contribution is -1.78. The molecule has 1 rings (SSSR count). The van der Waals surface area contributed by atoms with Crippen molar-refractivity contribution in [3.05, 3.63) is 15.6 Å². The zero-order valence-corrected chi connectivity index (χ0v) is 6.29. The summed E-state index contributed by atoms with van der Waals surface area (Å²) in [4.78, 5) is 4.97. The molecule has 9 heavy (non-hydrogen) atoms. The smallest absolute Gasteiger partial charge is 0.118 e. The summed E-state index contributed by atoms with van der Waals surface area (Å²) in [5, 5.41) is 11.3. The summed E-state index contributed by atoms with van der Waals surface area (Å²) in [5.41, 5.74) is 0.896. The molecule has 0 atom stereocenters. The van der Waals surface area contributed by atoms with Crippen LogP contribution in [-0.2, 0) is 11.7 Å². The van der Waals surface area contributed by atoms with E-state index >= 15 is 0 Å². The first kappa shape index (κ1) is 6.71. The number of nitrogens with zero attached hydrogens (tertiary/aromatic N) is 1. The van der Waals surface area contributed by atoms with Gasteiger partial charge in [-0.3, -0.25) is 0 Å². The van der Waals surface area contributed by atoms with Gasteiger partial charge in [-0.15, -0.1) is 11.3 Å². The zero-order valence-electron chi connectivity index (χ0n) is 5.47. The van der Waals surface area contributed by atoms with Gasteiger partial charge >= 0.3 is 0 Å². The minimum Gasteiger partial charge on any atom is -0.247 e. The minimum absolute atomic E-state index is 0.128. The summed E-state index contributed by atoms with van der Waals surface area (Å²) >= 11 is 1.49. The quantitative estimate of drug-likeness (QED) is 0.587. The van der Waals surface area contributed by atoms with E-state index in [1.165, 1.54) is 11.3 Å². The molecule has 0 aromatic carbocycles. The van der Waals surface area contributed by atoms with Crippen LogP contribution in [0.2, 0.25) is 0 Å². The second-order valence-corrected chi connectivity index (χ2v) is 3.17. The first-order valence-corrected chi connectivity index (χ1v) is 3.56. The Morgan fingerprint density at radius 2 is 2.22 bits per heavy atom. The van der Waals surface area contributed by atoms with Gasteiger partial charge in [-0.1, -0.05) is 0 Å². The molecule has 0 saturated carbocycles. The number of aromatic nitrogens is 1. The van der Waals surface area contributed by atoms with Crippen molar-refractivity contribution >= 4 is 11.3 Å². The third-order valence-corrected chi connectivity index (χ3v) is 2.18. The third-order valence-electron chi connectivity index (χ3n) is 1.13. The summed E-state index contributed by atoms with van der Waals surface area (Å²) in [6.45, 7) is 3.66. The van der Waals surface area contributed by atoms with E-state index in [1.54, 1.807) is 0 Å². The van der Waals surface area contributed by atoms with E-state index < -0.39 is 0 Å². The van der Waals surface area contributed by atoms with Crippen molar-refractivity contribution in [2.75, 3.05) is 0 Å². The predicted molar refractivity (Wildman–Crippen MR) is 36.0 cm³/mol. The molecule has 1 aromatic rings. The van der Waals surface area contributed by atoms with Crippen molar-refractivity contribution in [2.24, 2.45) is 0 Å². The van der Waals surface area contributed by atoms with Gasteiger partial charge in [-0.05, 0) is 13.8 Å². The Bertz CT molecular complexity index is 207. The second-order valence-electron chi connectivity index (χ2n) is 1.89. The first-order valence-electron chi connectivity index (χ1n) is 2.75. The first-order chi connectivity index (χ1) is 4.24. The number of hydrogen-bond donors (Lipinski definition) is 0. The monoisotopic (exact) mass is 142 g/mol. The van der Waals surface area contributed by atoms with Gasteiger partial charge in [0.2, 0.25) is 0 Å². The molecule has 49 valence electrons. The summed E-state index contributed by atoms with van der Waals surface area (Å²) in [6, 6.07) is 0. The van der Waals surface area contributed by atoms with Crippen molar-refractivity contribution in [1.29, 1.82) is 0 Å². The fourth-order valence-corrected chi connectivity index (χ4v) is 1.50. The molecular formula is C6H8NOS. The Hall–Kier alpha value is -0.410. The lowest BCUT2D eigenvalue weighted by atomic mass is 10.4. The topological polar surface area (TPSA) is 32.8 Å². The fourth-order valence-electron chi connectivity index (χ4n) is 0.707. The van der Waals surface area contributed by atoms with Crippen LogP contribution in [0.5, 0.6) is 0 Å². The number of hydrogen-bond acceptors (Lipinski definition) is 2.